The number of rotatable bonds is 5. The fourth-order valence-electron chi connectivity index (χ4n) is 2.48. The summed E-state index contributed by atoms with van der Waals surface area (Å²) in [6.07, 6.45) is 2.38. The molecule has 0 aliphatic rings. The Morgan fingerprint density at radius 1 is 1.08 bits per heavy atom. The first-order valence-electron chi connectivity index (χ1n) is 7.78. The van der Waals surface area contributed by atoms with Crippen LogP contribution in [0.1, 0.15) is 22.5 Å². The third-order valence-corrected chi connectivity index (χ3v) is 4.91. The maximum absolute atomic E-state index is 12.7. The van der Waals surface area contributed by atoms with E-state index in [0.717, 1.165) is 27.7 Å². The van der Waals surface area contributed by atoms with Crippen LogP contribution in [0.3, 0.4) is 0 Å². The van der Waals surface area contributed by atoms with Gasteiger partial charge in [0, 0.05) is 36.7 Å². The number of aromatic nitrogens is 3. The summed E-state index contributed by atoms with van der Waals surface area (Å²) in [6, 6.07) is 15.8. The van der Waals surface area contributed by atoms with Crippen LogP contribution in [0.25, 0.3) is 0 Å². The Kier molecular flexibility index (Phi) is 5.11. The molecule has 3 rings (SSSR count). The predicted molar refractivity (Wildman–Crippen MR) is 97.3 cm³/mol. The maximum Gasteiger partial charge on any atom is 0.257 e. The second kappa shape index (κ2) is 7.45. The molecule has 2 heterocycles. The Bertz CT molecular complexity index is 876. The largest absolute Gasteiger partial charge is 0.291 e. The van der Waals surface area contributed by atoms with Gasteiger partial charge in [-0.25, -0.2) is 4.98 Å². The van der Waals surface area contributed by atoms with Crippen molar-refractivity contribution >= 4 is 11.8 Å². The summed E-state index contributed by atoms with van der Waals surface area (Å²) in [4.78, 5) is 21.7. The number of thioether (sulfide) groups is 1. The molecule has 0 fully saturated rings. The van der Waals surface area contributed by atoms with Crippen LogP contribution in [0.5, 0.6) is 0 Å². The summed E-state index contributed by atoms with van der Waals surface area (Å²) in [5, 5.41) is 0.722. The number of hydrogen-bond acceptors (Lipinski definition) is 4. The first-order chi connectivity index (χ1) is 11.6. The molecule has 0 amide bonds. The molecule has 0 atom stereocenters. The molecule has 4 nitrogen and oxygen atoms in total. The molecular weight excluding hydrogens is 318 g/mol. The molecule has 1 aromatic carbocycles. The minimum Gasteiger partial charge on any atom is -0.291 e. The van der Waals surface area contributed by atoms with E-state index in [-0.39, 0.29) is 5.56 Å². The average Bonchev–Trinajstić information content (AvgIpc) is 2.62. The summed E-state index contributed by atoms with van der Waals surface area (Å²) in [5.74, 6) is 0.693. The van der Waals surface area contributed by atoms with Gasteiger partial charge in [-0.1, -0.05) is 48.2 Å². The second-order valence-electron chi connectivity index (χ2n) is 5.59. The van der Waals surface area contributed by atoms with Gasteiger partial charge >= 0.3 is 0 Å². The van der Waals surface area contributed by atoms with E-state index in [4.69, 9.17) is 0 Å². The fourth-order valence-corrected chi connectivity index (χ4v) is 3.41. The lowest BCUT2D eigenvalue weighted by Crippen LogP contribution is -2.25. The molecule has 0 radical (unpaired) electrons. The van der Waals surface area contributed by atoms with Crippen molar-refractivity contribution in [2.24, 2.45) is 7.05 Å². The lowest BCUT2D eigenvalue weighted by molar-refractivity contribution is 0.683. The summed E-state index contributed by atoms with van der Waals surface area (Å²) in [7, 11) is 1.78. The van der Waals surface area contributed by atoms with E-state index in [1.807, 2.05) is 55.5 Å². The Balaban J connectivity index is 1.84. The molecule has 122 valence electrons. The summed E-state index contributed by atoms with van der Waals surface area (Å²) < 4.78 is 1.64. The Hall–Kier alpha value is -2.40. The van der Waals surface area contributed by atoms with Crippen LogP contribution in [0.2, 0.25) is 0 Å². The number of hydrogen-bond donors (Lipinski definition) is 0. The molecule has 0 aliphatic carbocycles. The van der Waals surface area contributed by atoms with Gasteiger partial charge in [-0.3, -0.25) is 14.3 Å². The average molecular weight is 337 g/mol. The first kappa shape index (κ1) is 16.5. The van der Waals surface area contributed by atoms with Gasteiger partial charge in [0.2, 0.25) is 0 Å². The predicted octanol–water partition coefficient (Wildman–Crippen LogP) is 3.37. The molecule has 0 N–H and O–H groups in total. The van der Waals surface area contributed by atoms with E-state index < -0.39 is 0 Å². The zero-order valence-electron chi connectivity index (χ0n) is 13.8. The van der Waals surface area contributed by atoms with E-state index >= 15 is 0 Å². The van der Waals surface area contributed by atoms with Crippen molar-refractivity contribution in [2.45, 2.75) is 24.3 Å². The van der Waals surface area contributed by atoms with E-state index in [0.29, 0.717) is 12.2 Å². The topological polar surface area (TPSA) is 47.8 Å². The van der Waals surface area contributed by atoms with Crippen LogP contribution in [0.4, 0.5) is 0 Å². The normalized spacial score (nSPS) is 10.8. The van der Waals surface area contributed by atoms with Crippen LogP contribution < -0.4 is 5.56 Å². The number of benzene rings is 1. The lowest BCUT2D eigenvalue weighted by Gasteiger charge is -2.12. The van der Waals surface area contributed by atoms with Gasteiger partial charge in [0.25, 0.3) is 5.56 Å². The molecule has 0 aliphatic heterocycles. The molecule has 2 aromatic heterocycles. The minimum absolute atomic E-state index is 0.0230. The highest BCUT2D eigenvalue weighted by molar-refractivity contribution is 7.98. The van der Waals surface area contributed by atoms with Crippen LogP contribution in [-0.4, -0.2) is 14.5 Å². The summed E-state index contributed by atoms with van der Waals surface area (Å²) in [5.41, 5.74) is 3.67. The van der Waals surface area contributed by atoms with Crippen LogP contribution >= 0.6 is 11.8 Å². The number of nitrogens with zero attached hydrogens (tertiary/aromatic N) is 3. The molecular formula is C19H19N3OS. The summed E-state index contributed by atoms with van der Waals surface area (Å²) in [6.45, 7) is 1.91. The Labute approximate surface area is 145 Å². The number of pyridine rings is 1. The molecule has 0 bridgehead atoms. The molecule has 3 aromatic rings. The second-order valence-corrected chi connectivity index (χ2v) is 6.54. The van der Waals surface area contributed by atoms with E-state index in [2.05, 4.69) is 9.97 Å². The lowest BCUT2D eigenvalue weighted by atomic mass is 10.1. The third-order valence-electron chi connectivity index (χ3n) is 3.85. The van der Waals surface area contributed by atoms with Gasteiger partial charge in [0.05, 0.1) is 5.69 Å². The quantitative estimate of drug-likeness (QED) is 0.529. The van der Waals surface area contributed by atoms with Crippen LogP contribution in [0, 0.1) is 6.92 Å². The van der Waals surface area contributed by atoms with Gasteiger partial charge < -0.3 is 0 Å². The van der Waals surface area contributed by atoms with Gasteiger partial charge in [0.15, 0.2) is 5.16 Å². The zero-order valence-corrected chi connectivity index (χ0v) is 14.6. The van der Waals surface area contributed by atoms with Crippen LogP contribution in [0.15, 0.2) is 64.7 Å². The van der Waals surface area contributed by atoms with Crippen molar-refractivity contribution in [3.8, 4) is 0 Å². The SMILES string of the molecule is Cc1nc(SCc2ccccn2)n(C)c(=O)c1Cc1ccccc1. The van der Waals surface area contributed by atoms with Gasteiger partial charge in [-0.15, -0.1) is 0 Å². The van der Waals surface area contributed by atoms with Gasteiger partial charge in [-0.05, 0) is 24.6 Å². The van der Waals surface area contributed by atoms with E-state index in [1.165, 1.54) is 11.8 Å². The highest BCUT2D eigenvalue weighted by Gasteiger charge is 2.13. The standard InChI is InChI=1S/C19H19N3OS/c1-14-17(12-15-8-4-3-5-9-15)18(23)22(2)19(21-14)24-13-16-10-6-7-11-20-16/h3-11H,12-13H2,1-2H3. The molecule has 0 saturated carbocycles. The first-order valence-corrected chi connectivity index (χ1v) is 8.77. The Morgan fingerprint density at radius 3 is 2.54 bits per heavy atom. The molecule has 0 saturated heterocycles. The van der Waals surface area contributed by atoms with Crippen molar-refractivity contribution in [2.75, 3.05) is 0 Å². The Morgan fingerprint density at radius 2 is 1.83 bits per heavy atom. The fraction of sp³-hybridized carbons (Fsp3) is 0.211. The van der Waals surface area contributed by atoms with Crippen molar-refractivity contribution in [3.63, 3.8) is 0 Å². The molecule has 5 heteroatoms. The van der Waals surface area contributed by atoms with Crippen molar-refractivity contribution < 1.29 is 0 Å². The third kappa shape index (κ3) is 3.74. The molecule has 24 heavy (non-hydrogen) atoms. The summed E-state index contributed by atoms with van der Waals surface area (Å²) >= 11 is 1.53. The van der Waals surface area contributed by atoms with E-state index in [9.17, 15) is 4.79 Å². The minimum atomic E-state index is 0.0230. The molecule has 0 spiro atoms. The van der Waals surface area contributed by atoms with Crippen molar-refractivity contribution in [1.82, 2.24) is 14.5 Å². The zero-order chi connectivity index (χ0) is 16.9. The van der Waals surface area contributed by atoms with E-state index in [1.54, 1.807) is 17.8 Å². The highest BCUT2D eigenvalue weighted by Crippen LogP contribution is 2.20. The van der Waals surface area contributed by atoms with Crippen LogP contribution in [-0.2, 0) is 19.2 Å². The smallest absolute Gasteiger partial charge is 0.257 e. The monoisotopic (exact) mass is 337 g/mol. The highest BCUT2D eigenvalue weighted by atomic mass is 32.2. The van der Waals surface area contributed by atoms with Crippen molar-refractivity contribution in [3.05, 3.63) is 87.6 Å². The molecule has 0 unspecified atom stereocenters. The van der Waals surface area contributed by atoms with Crippen molar-refractivity contribution in [1.29, 1.82) is 0 Å². The number of aryl methyl sites for hydroxylation is 1. The van der Waals surface area contributed by atoms with Gasteiger partial charge in [-0.2, -0.15) is 0 Å². The maximum atomic E-state index is 12.7. The van der Waals surface area contributed by atoms with Gasteiger partial charge in [0.1, 0.15) is 0 Å².